The number of benzene rings is 1. The zero-order valence-electron chi connectivity index (χ0n) is 12.2. The SMILES string of the molecule is COc1ccc(Cn2ncc(COS(C)(=O)=O)cc2=O)cc1. The van der Waals surface area contributed by atoms with E-state index in [0.717, 1.165) is 17.6 Å². The molecule has 0 aliphatic rings. The van der Waals surface area contributed by atoms with E-state index in [9.17, 15) is 13.2 Å². The van der Waals surface area contributed by atoms with E-state index < -0.39 is 10.1 Å². The van der Waals surface area contributed by atoms with Gasteiger partial charge in [-0.2, -0.15) is 13.5 Å². The molecule has 0 N–H and O–H groups in total. The van der Waals surface area contributed by atoms with E-state index in [2.05, 4.69) is 9.28 Å². The van der Waals surface area contributed by atoms with Crippen LogP contribution in [0.5, 0.6) is 5.75 Å². The number of aromatic nitrogens is 2. The van der Waals surface area contributed by atoms with Crippen LogP contribution in [0.25, 0.3) is 0 Å². The maximum atomic E-state index is 12.0. The summed E-state index contributed by atoms with van der Waals surface area (Å²) in [6.07, 6.45) is 2.36. The van der Waals surface area contributed by atoms with E-state index in [4.69, 9.17) is 4.74 Å². The second-order valence-corrected chi connectivity index (χ2v) is 6.32. The van der Waals surface area contributed by atoms with Gasteiger partial charge in [-0.3, -0.25) is 8.98 Å². The molecule has 7 nitrogen and oxygen atoms in total. The first-order chi connectivity index (χ1) is 10.4. The fourth-order valence-corrected chi connectivity index (χ4v) is 2.10. The van der Waals surface area contributed by atoms with Crippen molar-refractivity contribution in [3.8, 4) is 5.75 Å². The molecule has 0 amide bonds. The molecule has 1 aromatic carbocycles. The number of rotatable bonds is 6. The fraction of sp³-hybridized carbons (Fsp3) is 0.286. The number of nitrogens with zero attached hydrogens (tertiary/aromatic N) is 2. The average Bonchev–Trinajstić information content (AvgIpc) is 2.47. The predicted molar refractivity (Wildman–Crippen MR) is 80.2 cm³/mol. The van der Waals surface area contributed by atoms with Crippen molar-refractivity contribution in [1.82, 2.24) is 9.78 Å². The minimum absolute atomic E-state index is 0.204. The quantitative estimate of drug-likeness (QED) is 0.730. The van der Waals surface area contributed by atoms with Gasteiger partial charge in [-0.15, -0.1) is 0 Å². The van der Waals surface area contributed by atoms with Crippen LogP contribution in [-0.4, -0.2) is 31.6 Å². The molecule has 0 aliphatic carbocycles. The predicted octanol–water partition coefficient (Wildman–Crippen LogP) is 0.776. The summed E-state index contributed by atoms with van der Waals surface area (Å²) >= 11 is 0. The number of ether oxygens (including phenoxy) is 1. The van der Waals surface area contributed by atoms with Crippen molar-refractivity contribution in [3.63, 3.8) is 0 Å². The highest BCUT2D eigenvalue weighted by Crippen LogP contribution is 2.11. The van der Waals surface area contributed by atoms with Crippen molar-refractivity contribution in [2.45, 2.75) is 13.2 Å². The van der Waals surface area contributed by atoms with Gasteiger partial charge >= 0.3 is 0 Å². The van der Waals surface area contributed by atoms with Crippen molar-refractivity contribution in [3.05, 3.63) is 58.0 Å². The molecular formula is C14H16N2O5S. The van der Waals surface area contributed by atoms with Crippen molar-refractivity contribution in [2.24, 2.45) is 0 Å². The number of methoxy groups -OCH3 is 1. The van der Waals surface area contributed by atoms with E-state index in [1.54, 1.807) is 19.2 Å². The molecule has 0 aliphatic heterocycles. The van der Waals surface area contributed by atoms with Crippen molar-refractivity contribution in [1.29, 1.82) is 0 Å². The lowest BCUT2D eigenvalue weighted by molar-refractivity contribution is 0.310. The lowest BCUT2D eigenvalue weighted by Crippen LogP contribution is -2.23. The summed E-state index contributed by atoms with van der Waals surface area (Å²) in [6, 6.07) is 8.59. The van der Waals surface area contributed by atoms with E-state index in [-0.39, 0.29) is 12.2 Å². The van der Waals surface area contributed by atoms with Gasteiger partial charge in [0.05, 0.1) is 32.7 Å². The second-order valence-electron chi connectivity index (χ2n) is 4.67. The third kappa shape index (κ3) is 4.68. The summed E-state index contributed by atoms with van der Waals surface area (Å²) in [4.78, 5) is 12.0. The molecule has 0 bridgehead atoms. The molecule has 0 radical (unpaired) electrons. The maximum Gasteiger partial charge on any atom is 0.267 e. The van der Waals surface area contributed by atoms with Crippen LogP contribution >= 0.6 is 0 Å². The Morgan fingerprint density at radius 2 is 1.86 bits per heavy atom. The topological polar surface area (TPSA) is 87.5 Å². The lowest BCUT2D eigenvalue weighted by Gasteiger charge is -2.07. The van der Waals surface area contributed by atoms with Crippen LogP contribution in [-0.2, 0) is 27.5 Å². The van der Waals surface area contributed by atoms with Crippen LogP contribution in [0.1, 0.15) is 11.1 Å². The van der Waals surface area contributed by atoms with Crippen molar-refractivity contribution in [2.75, 3.05) is 13.4 Å². The van der Waals surface area contributed by atoms with Gasteiger partial charge in [0, 0.05) is 11.6 Å². The molecule has 118 valence electrons. The summed E-state index contributed by atoms with van der Waals surface area (Å²) in [5.74, 6) is 0.734. The van der Waals surface area contributed by atoms with Gasteiger partial charge < -0.3 is 4.74 Å². The van der Waals surface area contributed by atoms with Gasteiger partial charge in [0.2, 0.25) is 0 Å². The zero-order valence-corrected chi connectivity index (χ0v) is 13.0. The van der Waals surface area contributed by atoms with Crippen LogP contribution in [0.3, 0.4) is 0 Å². The van der Waals surface area contributed by atoms with Gasteiger partial charge in [-0.05, 0) is 17.7 Å². The molecule has 1 heterocycles. The highest BCUT2D eigenvalue weighted by Gasteiger charge is 2.06. The summed E-state index contributed by atoms with van der Waals surface area (Å²) < 4.78 is 32.8. The summed E-state index contributed by atoms with van der Waals surface area (Å²) in [7, 11) is -1.97. The molecule has 0 atom stereocenters. The Hall–Kier alpha value is -2.19. The fourth-order valence-electron chi connectivity index (χ4n) is 1.75. The Bertz CT molecular complexity index is 797. The molecule has 0 spiro atoms. The van der Waals surface area contributed by atoms with Crippen LogP contribution in [0.15, 0.2) is 41.3 Å². The molecule has 8 heteroatoms. The van der Waals surface area contributed by atoms with Gasteiger partial charge in [-0.25, -0.2) is 4.68 Å². The third-order valence-electron chi connectivity index (χ3n) is 2.86. The first kappa shape index (κ1) is 16.2. The largest absolute Gasteiger partial charge is 0.497 e. The molecule has 1 aromatic heterocycles. The third-order valence-corrected chi connectivity index (χ3v) is 3.40. The first-order valence-electron chi connectivity index (χ1n) is 6.41. The van der Waals surface area contributed by atoms with Crippen LogP contribution < -0.4 is 10.3 Å². The number of hydrogen-bond acceptors (Lipinski definition) is 6. The zero-order chi connectivity index (χ0) is 16.2. The minimum atomic E-state index is -3.55. The van der Waals surface area contributed by atoms with E-state index in [0.29, 0.717) is 12.1 Å². The minimum Gasteiger partial charge on any atom is -0.497 e. The molecule has 2 aromatic rings. The monoisotopic (exact) mass is 324 g/mol. The van der Waals surface area contributed by atoms with Gasteiger partial charge in [0.1, 0.15) is 5.75 Å². The van der Waals surface area contributed by atoms with E-state index in [1.165, 1.54) is 16.9 Å². The summed E-state index contributed by atoms with van der Waals surface area (Å²) in [5, 5.41) is 4.01. The Balaban J connectivity index is 2.10. The van der Waals surface area contributed by atoms with Crippen molar-refractivity contribution < 1.29 is 17.3 Å². The highest BCUT2D eigenvalue weighted by molar-refractivity contribution is 7.85. The van der Waals surface area contributed by atoms with Crippen LogP contribution in [0, 0.1) is 0 Å². The Labute approximate surface area is 128 Å². The van der Waals surface area contributed by atoms with Gasteiger partial charge in [0.15, 0.2) is 0 Å². The molecule has 0 saturated heterocycles. The standard InChI is InChI=1S/C14H16N2O5S/c1-20-13-5-3-11(4-6-13)9-16-14(17)7-12(8-15-16)10-21-22(2,18)19/h3-8H,9-10H2,1-2H3. The number of hydrogen-bond donors (Lipinski definition) is 0. The smallest absolute Gasteiger partial charge is 0.267 e. The molecule has 0 saturated carbocycles. The molecule has 0 unspecified atom stereocenters. The van der Waals surface area contributed by atoms with Crippen molar-refractivity contribution >= 4 is 10.1 Å². The molecule has 22 heavy (non-hydrogen) atoms. The Morgan fingerprint density at radius 3 is 2.41 bits per heavy atom. The summed E-state index contributed by atoms with van der Waals surface area (Å²) in [5.41, 5.74) is 0.974. The molecular weight excluding hydrogens is 308 g/mol. The summed E-state index contributed by atoms with van der Waals surface area (Å²) in [6.45, 7) is 0.112. The normalized spacial score (nSPS) is 11.4. The lowest BCUT2D eigenvalue weighted by atomic mass is 10.2. The van der Waals surface area contributed by atoms with E-state index in [1.807, 2.05) is 12.1 Å². The van der Waals surface area contributed by atoms with Crippen LogP contribution in [0.2, 0.25) is 0 Å². The molecule has 2 rings (SSSR count). The Morgan fingerprint density at radius 1 is 1.18 bits per heavy atom. The highest BCUT2D eigenvalue weighted by atomic mass is 32.2. The molecule has 0 fully saturated rings. The Kier molecular flexibility index (Phi) is 4.94. The average molecular weight is 324 g/mol. The van der Waals surface area contributed by atoms with Gasteiger partial charge in [-0.1, -0.05) is 12.1 Å². The van der Waals surface area contributed by atoms with Crippen LogP contribution in [0.4, 0.5) is 0 Å². The van der Waals surface area contributed by atoms with E-state index >= 15 is 0 Å². The second kappa shape index (κ2) is 6.71. The van der Waals surface area contributed by atoms with Gasteiger partial charge in [0.25, 0.3) is 15.7 Å². The first-order valence-corrected chi connectivity index (χ1v) is 8.22. The maximum absolute atomic E-state index is 12.0.